The third-order valence-corrected chi connectivity index (χ3v) is 1.94. The maximum atomic E-state index is 11.5. The molecule has 0 aliphatic heterocycles. The van der Waals surface area contributed by atoms with E-state index in [-0.39, 0.29) is 5.91 Å². The van der Waals surface area contributed by atoms with Crippen LogP contribution >= 0.6 is 0 Å². The zero-order chi connectivity index (χ0) is 11.4. The molecule has 2 aromatic heterocycles. The Morgan fingerprint density at radius 1 is 1.62 bits per heavy atom. The van der Waals surface area contributed by atoms with E-state index in [4.69, 9.17) is 5.73 Å². The average Bonchev–Trinajstić information content (AvgIpc) is 2.89. The summed E-state index contributed by atoms with van der Waals surface area (Å²) in [4.78, 5) is 11.5. The van der Waals surface area contributed by atoms with Gasteiger partial charge in [0.1, 0.15) is 11.5 Å². The SMILES string of the molecule is Nc1cc(C(=O)NCCn2ccnn2)[nH]n1. The number of aromatic nitrogens is 5. The lowest BCUT2D eigenvalue weighted by Crippen LogP contribution is -2.27. The predicted octanol–water partition coefficient (Wildman–Crippen LogP) is -0.987. The molecule has 0 aliphatic carbocycles. The van der Waals surface area contributed by atoms with Crippen LogP contribution < -0.4 is 11.1 Å². The first-order valence-electron chi connectivity index (χ1n) is 4.69. The number of nitrogen functional groups attached to an aromatic ring is 1. The van der Waals surface area contributed by atoms with Gasteiger partial charge in [-0.25, -0.2) is 0 Å². The van der Waals surface area contributed by atoms with Gasteiger partial charge in [0.05, 0.1) is 12.7 Å². The van der Waals surface area contributed by atoms with Gasteiger partial charge in [-0.05, 0) is 0 Å². The number of carbonyl (C=O) groups is 1. The summed E-state index contributed by atoms with van der Waals surface area (Å²) in [5.41, 5.74) is 5.72. The van der Waals surface area contributed by atoms with Crippen LogP contribution in [0.2, 0.25) is 0 Å². The standard InChI is InChI=1S/C8H11N7O/c9-7-5-6(12-13-7)8(16)10-1-3-15-4-2-11-14-15/h2,4-5H,1,3H2,(H,10,16)(H3,9,12,13). The van der Waals surface area contributed by atoms with Gasteiger partial charge in [0, 0.05) is 18.8 Å². The summed E-state index contributed by atoms with van der Waals surface area (Å²) in [5.74, 6) is 0.0470. The highest BCUT2D eigenvalue weighted by Gasteiger charge is 2.07. The molecule has 84 valence electrons. The molecule has 2 rings (SSSR count). The van der Waals surface area contributed by atoms with E-state index in [2.05, 4.69) is 25.8 Å². The number of nitrogens with zero attached hydrogens (tertiary/aromatic N) is 4. The van der Waals surface area contributed by atoms with Crippen LogP contribution in [0.25, 0.3) is 0 Å². The van der Waals surface area contributed by atoms with E-state index < -0.39 is 0 Å². The number of rotatable bonds is 4. The molecule has 8 heteroatoms. The molecular weight excluding hydrogens is 210 g/mol. The molecule has 16 heavy (non-hydrogen) atoms. The first-order chi connectivity index (χ1) is 7.75. The predicted molar refractivity (Wildman–Crippen MR) is 55.4 cm³/mol. The Bertz CT molecular complexity index is 460. The van der Waals surface area contributed by atoms with Crippen LogP contribution in [0, 0.1) is 0 Å². The highest BCUT2D eigenvalue weighted by molar-refractivity contribution is 5.92. The summed E-state index contributed by atoms with van der Waals surface area (Å²) in [6, 6.07) is 1.48. The molecular formula is C8H11N7O. The molecule has 2 aromatic rings. The molecule has 0 spiro atoms. The van der Waals surface area contributed by atoms with Gasteiger partial charge >= 0.3 is 0 Å². The van der Waals surface area contributed by atoms with E-state index in [0.29, 0.717) is 24.6 Å². The smallest absolute Gasteiger partial charge is 0.269 e. The molecule has 0 aliphatic rings. The third-order valence-electron chi connectivity index (χ3n) is 1.94. The molecule has 0 saturated carbocycles. The Hall–Kier alpha value is -2.38. The Balaban J connectivity index is 1.80. The minimum atomic E-state index is -0.246. The molecule has 0 aromatic carbocycles. The second-order valence-corrected chi connectivity index (χ2v) is 3.13. The number of hydrogen-bond acceptors (Lipinski definition) is 5. The van der Waals surface area contributed by atoms with Gasteiger partial charge in [-0.1, -0.05) is 5.21 Å². The zero-order valence-electron chi connectivity index (χ0n) is 8.42. The van der Waals surface area contributed by atoms with Gasteiger partial charge in [-0.2, -0.15) is 5.10 Å². The molecule has 0 atom stereocenters. The van der Waals surface area contributed by atoms with Crippen molar-refractivity contribution in [1.82, 2.24) is 30.5 Å². The van der Waals surface area contributed by atoms with Crippen LogP contribution in [0.1, 0.15) is 10.5 Å². The van der Waals surface area contributed by atoms with Gasteiger partial charge in [0.2, 0.25) is 0 Å². The average molecular weight is 221 g/mol. The molecule has 8 nitrogen and oxygen atoms in total. The molecule has 0 saturated heterocycles. The summed E-state index contributed by atoms with van der Waals surface area (Å²) >= 11 is 0. The summed E-state index contributed by atoms with van der Waals surface area (Å²) in [6.45, 7) is 1.02. The fraction of sp³-hybridized carbons (Fsp3) is 0.250. The summed E-state index contributed by atoms with van der Waals surface area (Å²) in [6.07, 6.45) is 3.30. The molecule has 0 bridgehead atoms. The molecule has 0 unspecified atom stereocenters. The van der Waals surface area contributed by atoms with Crippen molar-refractivity contribution in [2.45, 2.75) is 6.54 Å². The lowest BCUT2D eigenvalue weighted by Gasteiger charge is -2.02. The monoisotopic (exact) mass is 221 g/mol. The minimum Gasteiger partial charge on any atom is -0.382 e. The van der Waals surface area contributed by atoms with Gasteiger partial charge < -0.3 is 11.1 Å². The number of H-pyrrole nitrogens is 1. The van der Waals surface area contributed by atoms with Gasteiger partial charge in [0.15, 0.2) is 0 Å². The summed E-state index contributed by atoms with van der Waals surface area (Å²) < 4.78 is 1.63. The van der Waals surface area contributed by atoms with E-state index >= 15 is 0 Å². The van der Waals surface area contributed by atoms with Crippen molar-refractivity contribution in [2.75, 3.05) is 12.3 Å². The number of nitrogens with two attached hydrogens (primary N) is 1. The van der Waals surface area contributed by atoms with E-state index in [1.54, 1.807) is 17.1 Å². The van der Waals surface area contributed by atoms with E-state index in [0.717, 1.165) is 0 Å². The number of aromatic amines is 1. The van der Waals surface area contributed by atoms with Crippen molar-refractivity contribution in [3.8, 4) is 0 Å². The maximum Gasteiger partial charge on any atom is 0.269 e. The normalized spacial score (nSPS) is 10.2. The van der Waals surface area contributed by atoms with Crippen LogP contribution in [0.3, 0.4) is 0 Å². The van der Waals surface area contributed by atoms with Crippen molar-refractivity contribution in [1.29, 1.82) is 0 Å². The number of hydrogen-bond donors (Lipinski definition) is 3. The van der Waals surface area contributed by atoms with Crippen LogP contribution in [-0.2, 0) is 6.54 Å². The zero-order valence-corrected chi connectivity index (χ0v) is 8.42. The van der Waals surface area contributed by atoms with Crippen LogP contribution in [0.4, 0.5) is 5.82 Å². The van der Waals surface area contributed by atoms with E-state index in [1.807, 2.05) is 0 Å². The first kappa shape index (κ1) is 10.1. The lowest BCUT2D eigenvalue weighted by atomic mass is 10.4. The summed E-state index contributed by atoms with van der Waals surface area (Å²) in [5, 5.41) is 16.3. The number of nitrogens with one attached hydrogen (secondary N) is 2. The van der Waals surface area contributed by atoms with Gasteiger partial charge in [-0.3, -0.25) is 14.6 Å². The molecule has 1 amide bonds. The summed E-state index contributed by atoms with van der Waals surface area (Å²) in [7, 11) is 0. The highest BCUT2D eigenvalue weighted by Crippen LogP contribution is 1.99. The number of anilines is 1. The van der Waals surface area contributed by atoms with Crippen molar-refractivity contribution in [3.63, 3.8) is 0 Å². The second kappa shape index (κ2) is 4.43. The largest absolute Gasteiger partial charge is 0.382 e. The highest BCUT2D eigenvalue weighted by atomic mass is 16.1. The topological polar surface area (TPSA) is 115 Å². The molecule has 2 heterocycles. The van der Waals surface area contributed by atoms with Crippen LogP contribution in [0.5, 0.6) is 0 Å². The fourth-order valence-corrected chi connectivity index (χ4v) is 1.18. The van der Waals surface area contributed by atoms with Crippen LogP contribution in [0.15, 0.2) is 18.5 Å². The quantitative estimate of drug-likeness (QED) is 0.613. The van der Waals surface area contributed by atoms with Crippen molar-refractivity contribution < 1.29 is 4.79 Å². The third kappa shape index (κ3) is 2.35. The van der Waals surface area contributed by atoms with E-state index in [9.17, 15) is 4.79 Å². The fourth-order valence-electron chi connectivity index (χ4n) is 1.18. The van der Waals surface area contributed by atoms with Gasteiger partial charge in [0.25, 0.3) is 5.91 Å². The van der Waals surface area contributed by atoms with Crippen molar-refractivity contribution in [2.24, 2.45) is 0 Å². The Morgan fingerprint density at radius 3 is 3.12 bits per heavy atom. The van der Waals surface area contributed by atoms with Crippen molar-refractivity contribution in [3.05, 3.63) is 24.2 Å². The van der Waals surface area contributed by atoms with Gasteiger partial charge in [-0.15, -0.1) is 5.10 Å². The van der Waals surface area contributed by atoms with Crippen molar-refractivity contribution >= 4 is 11.7 Å². The molecule has 0 radical (unpaired) electrons. The van der Waals surface area contributed by atoms with E-state index in [1.165, 1.54) is 6.07 Å². The Labute approximate surface area is 90.8 Å². The lowest BCUT2D eigenvalue weighted by molar-refractivity contribution is 0.0947. The Kier molecular flexibility index (Phi) is 2.81. The second-order valence-electron chi connectivity index (χ2n) is 3.13. The molecule has 0 fully saturated rings. The number of amides is 1. The first-order valence-corrected chi connectivity index (χ1v) is 4.69. The van der Waals surface area contributed by atoms with Crippen LogP contribution in [-0.4, -0.2) is 37.6 Å². The molecule has 4 N–H and O–H groups in total. The Morgan fingerprint density at radius 2 is 2.50 bits per heavy atom. The maximum absolute atomic E-state index is 11.5. The number of carbonyl (C=O) groups excluding carboxylic acids is 1. The minimum absolute atomic E-state index is 0.246.